The van der Waals surface area contributed by atoms with E-state index in [4.69, 9.17) is 5.73 Å². The minimum absolute atomic E-state index is 0.00227. The smallest absolute Gasteiger partial charge is 0.237 e. The molecule has 1 aliphatic rings. The normalized spacial score (nSPS) is 24.4. The maximum atomic E-state index is 11.7. The number of amides is 1. The second-order valence-corrected chi connectivity index (χ2v) is 3.77. The first-order valence-electron chi connectivity index (χ1n) is 5.51. The fourth-order valence-electron chi connectivity index (χ4n) is 1.96. The molecular formula is C10H21N3O. The van der Waals surface area contributed by atoms with Gasteiger partial charge in [-0.3, -0.25) is 9.69 Å². The Hall–Kier alpha value is -0.610. The van der Waals surface area contributed by atoms with Gasteiger partial charge in [0.2, 0.25) is 5.91 Å². The Morgan fingerprint density at radius 2 is 2.43 bits per heavy atom. The molecule has 0 bridgehead atoms. The van der Waals surface area contributed by atoms with Crippen LogP contribution in [0.15, 0.2) is 0 Å². The van der Waals surface area contributed by atoms with E-state index in [1.165, 1.54) is 0 Å². The maximum Gasteiger partial charge on any atom is 0.237 e. The summed E-state index contributed by atoms with van der Waals surface area (Å²) in [6.07, 6.45) is 2.91. The van der Waals surface area contributed by atoms with Crippen molar-refractivity contribution >= 4 is 5.91 Å². The molecule has 1 amide bonds. The number of rotatable bonds is 4. The molecule has 1 aliphatic heterocycles. The second-order valence-electron chi connectivity index (χ2n) is 3.77. The molecule has 1 heterocycles. The van der Waals surface area contributed by atoms with Crippen LogP contribution in [0.4, 0.5) is 0 Å². The summed E-state index contributed by atoms with van der Waals surface area (Å²) in [6, 6.07) is 0.00227. The monoisotopic (exact) mass is 199 g/mol. The molecule has 14 heavy (non-hydrogen) atoms. The van der Waals surface area contributed by atoms with E-state index in [0.717, 1.165) is 38.9 Å². The standard InChI is InChI=1S/C10H21N3O/c1-2-7-13-8-3-6-12-10(14)9(13)4-5-11/h9H,2-8,11H2,1H3,(H,12,14). The molecule has 0 saturated carbocycles. The van der Waals surface area contributed by atoms with Crippen molar-refractivity contribution in [2.75, 3.05) is 26.2 Å². The van der Waals surface area contributed by atoms with E-state index in [2.05, 4.69) is 17.1 Å². The zero-order valence-electron chi connectivity index (χ0n) is 8.96. The first-order valence-corrected chi connectivity index (χ1v) is 5.51. The number of hydrogen-bond acceptors (Lipinski definition) is 3. The second kappa shape index (κ2) is 5.98. The quantitative estimate of drug-likeness (QED) is 0.666. The summed E-state index contributed by atoms with van der Waals surface area (Å²) < 4.78 is 0. The van der Waals surface area contributed by atoms with Crippen LogP contribution >= 0.6 is 0 Å². The van der Waals surface area contributed by atoms with Crippen LogP contribution in [0, 0.1) is 0 Å². The Balaban J connectivity index is 2.60. The first kappa shape index (κ1) is 11.5. The van der Waals surface area contributed by atoms with Crippen LogP contribution < -0.4 is 11.1 Å². The molecule has 0 aliphatic carbocycles. The van der Waals surface area contributed by atoms with Gasteiger partial charge in [-0.15, -0.1) is 0 Å². The van der Waals surface area contributed by atoms with Gasteiger partial charge in [0.1, 0.15) is 0 Å². The molecule has 0 spiro atoms. The lowest BCUT2D eigenvalue weighted by Crippen LogP contribution is -2.45. The third-order valence-electron chi connectivity index (χ3n) is 2.62. The Morgan fingerprint density at radius 3 is 3.07 bits per heavy atom. The predicted octanol–water partition coefficient (Wildman–Crippen LogP) is -0.0643. The fourth-order valence-corrected chi connectivity index (χ4v) is 1.96. The van der Waals surface area contributed by atoms with Gasteiger partial charge in [0.05, 0.1) is 6.04 Å². The zero-order valence-corrected chi connectivity index (χ0v) is 8.96. The summed E-state index contributed by atoms with van der Waals surface area (Å²) in [4.78, 5) is 13.9. The lowest BCUT2D eigenvalue weighted by Gasteiger charge is -2.27. The Kier molecular flexibility index (Phi) is 4.90. The average molecular weight is 199 g/mol. The van der Waals surface area contributed by atoms with Gasteiger partial charge >= 0.3 is 0 Å². The van der Waals surface area contributed by atoms with Crippen molar-refractivity contribution in [2.45, 2.75) is 32.2 Å². The molecule has 1 unspecified atom stereocenters. The van der Waals surface area contributed by atoms with E-state index in [9.17, 15) is 4.79 Å². The van der Waals surface area contributed by atoms with Crippen LogP contribution in [0.2, 0.25) is 0 Å². The van der Waals surface area contributed by atoms with Crippen LogP contribution in [-0.4, -0.2) is 43.0 Å². The highest BCUT2D eigenvalue weighted by atomic mass is 16.2. The molecule has 1 rings (SSSR count). The Labute approximate surface area is 85.8 Å². The van der Waals surface area contributed by atoms with Crippen molar-refractivity contribution in [2.24, 2.45) is 5.73 Å². The van der Waals surface area contributed by atoms with Gasteiger partial charge in [-0.05, 0) is 32.4 Å². The molecule has 3 N–H and O–H groups in total. The number of nitrogens with zero attached hydrogens (tertiary/aromatic N) is 1. The van der Waals surface area contributed by atoms with E-state index in [0.29, 0.717) is 6.54 Å². The molecule has 0 aromatic rings. The number of hydrogen-bond donors (Lipinski definition) is 2. The van der Waals surface area contributed by atoms with Crippen molar-refractivity contribution in [3.05, 3.63) is 0 Å². The van der Waals surface area contributed by atoms with Crippen molar-refractivity contribution in [3.8, 4) is 0 Å². The van der Waals surface area contributed by atoms with E-state index in [1.807, 2.05) is 0 Å². The predicted molar refractivity (Wildman–Crippen MR) is 57.0 cm³/mol. The molecule has 82 valence electrons. The molecule has 4 heteroatoms. The fraction of sp³-hybridized carbons (Fsp3) is 0.900. The highest BCUT2D eigenvalue weighted by Gasteiger charge is 2.26. The van der Waals surface area contributed by atoms with Crippen molar-refractivity contribution in [3.63, 3.8) is 0 Å². The number of nitrogens with one attached hydrogen (secondary N) is 1. The van der Waals surface area contributed by atoms with Gasteiger partial charge in [-0.2, -0.15) is 0 Å². The van der Waals surface area contributed by atoms with Gasteiger partial charge in [0.25, 0.3) is 0 Å². The highest BCUT2D eigenvalue weighted by molar-refractivity contribution is 5.81. The highest BCUT2D eigenvalue weighted by Crippen LogP contribution is 2.09. The summed E-state index contributed by atoms with van der Waals surface area (Å²) in [5.74, 6) is 0.154. The van der Waals surface area contributed by atoms with Gasteiger partial charge in [0.15, 0.2) is 0 Å². The first-order chi connectivity index (χ1) is 6.79. The van der Waals surface area contributed by atoms with Crippen molar-refractivity contribution in [1.82, 2.24) is 10.2 Å². The van der Waals surface area contributed by atoms with Crippen LogP contribution in [0.5, 0.6) is 0 Å². The molecule has 4 nitrogen and oxygen atoms in total. The molecule has 1 atom stereocenters. The summed E-state index contributed by atoms with van der Waals surface area (Å²) in [5.41, 5.74) is 5.52. The van der Waals surface area contributed by atoms with Crippen LogP contribution in [0.1, 0.15) is 26.2 Å². The van der Waals surface area contributed by atoms with Gasteiger partial charge in [0, 0.05) is 13.1 Å². The number of carbonyl (C=O) groups excluding carboxylic acids is 1. The minimum atomic E-state index is 0.00227. The summed E-state index contributed by atoms with van der Waals surface area (Å²) in [6.45, 7) is 5.54. The van der Waals surface area contributed by atoms with Gasteiger partial charge < -0.3 is 11.1 Å². The van der Waals surface area contributed by atoms with Crippen LogP contribution in [-0.2, 0) is 4.79 Å². The lowest BCUT2D eigenvalue weighted by atomic mass is 10.1. The number of nitrogens with two attached hydrogens (primary N) is 1. The molecule has 0 aromatic carbocycles. The lowest BCUT2D eigenvalue weighted by molar-refractivity contribution is -0.125. The van der Waals surface area contributed by atoms with Crippen molar-refractivity contribution in [1.29, 1.82) is 0 Å². The molecular weight excluding hydrogens is 178 g/mol. The van der Waals surface area contributed by atoms with E-state index in [1.54, 1.807) is 0 Å². The van der Waals surface area contributed by atoms with Gasteiger partial charge in [-0.1, -0.05) is 6.92 Å². The van der Waals surface area contributed by atoms with Crippen molar-refractivity contribution < 1.29 is 4.79 Å². The Bertz CT molecular complexity index is 184. The minimum Gasteiger partial charge on any atom is -0.355 e. The topological polar surface area (TPSA) is 58.4 Å². The maximum absolute atomic E-state index is 11.7. The molecule has 0 aromatic heterocycles. The largest absolute Gasteiger partial charge is 0.355 e. The van der Waals surface area contributed by atoms with Crippen LogP contribution in [0.3, 0.4) is 0 Å². The molecule has 0 radical (unpaired) electrons. The van der Waals surface area contributed by atoms with Crippen LogP contribution in [0.25, 0.3) is 0 Å². The third-order valence-corrected chi connectivity index (χ3v) is 2.62. The third kappa shape index (κ3) is 2.96. The summed E-state index contributed by atoms with van der Waals surface area (Å²) in [7, 11) is 0. The zero-order chi connectivity index (χ0) is 10.4. The SMILES string of the molecule is CCCN1CCCNC(=O)C1CCN. The molecule has 1 saturated heterocycles. The van der Waals surface area contributed by atoms with E-state index < -0.39 is 0 Å². The van der Waals surface area contributed by atoms with Gasteiger partial charge in [-0.25, -0.2) is 0 Å². The van der Waals surface area contributed by atoms with E-state index >= 15 is 0 Å². The summed E-state index contributed by atoms with van der Waals surface area (Å²) in [5, 5.41) is 2.93. The van der Waals surface area contributed by atoms with E-state index in [-0.39, 0.29) is 11.9 Å². The Morgan fingerprint density at radius 1 is 1.64 bits per heavy atom. The number of carbonyl (C=O) groups is 1. The molecule has 1 fully saturated rings. The summed E-state index contributed by atoms with van der Waals surface area (Å²) >= 11 is 0. The average Bonchev–Trinajstić information content (AvgIpc) is 2.33.